The number of rotatable bonds is 6. The lowest BCUT2D eigenvalue weighted by Gasteiger charge is -2.46. The van der Waals surface area contributed by atoms with Gasteiger partial charge in [0.2, 0.25) is 0 Å². The maximum absolute atomic E-state index is 3.67. The first-order valence-electron chi connectivity index (χ1n) is 35.1. The van der Waals surface area contributed by atoms with Crippen molar-refractivity contribution in [2.45, 2.75) is 278 Å². The zero-order valence-electron chi connectivity index (χ0n) is 48.3. The minimum Gasteiger partial charge on any atom is -0.317 e. The van der Waals surface area contributed by atoms with Crippen LogP contribution in [0.1, 0.15) is 205 Å². The summed E-state index contributed by atoms with van der Waals surface area (Å²) in [6, 6.07) is 10.6. The quantitative estimate of drug-likeness (QED) is 0.155. The number of nitrogens with zero attached hydrogens (tertiary/aromatic N) is 4. The summed E-state index contributed by atoms with van der Waals surface area (Å²) < 4.78 is 0. The van der Waals surface area contributed by atoms with Gasteiger partial charge in [0.15, 0.2) is 0 Å². The average molecular weight is 1050 g/mol. The van der Waals surface area contributed by atoms with Crippen LogP contribution < -0.4 is 31.9 Å². The first-order chi connectivity index (χ1) is 37.7. The van der Waals surface area contributed by atoms with Crippen LogP contribution in [-0.4, -0.2) is 158 Å². The van der Waals surface area contributed by atoms with Crippen LogP contribution in [0, 0.1) is 71.0 Å². The van der Waals surface area contributed by atoms with Crippen molar-refractivity contribution in [3.8, 4) is 0 Å². The Morgan fingerprint density at radius 1 is 0.211 bits per heavy atom. The van der Waals surface area contributed by atoms with Gasteiger partial charge in [-0.3, -0.25) is 19.6 Å². The molecule has 20 atom stereocenters. The highest BCUT2D eigenvalue weighted by Crippen LogP contribution is 2.60. The molecule has 8 aliphatic carbocycles. The molecule has 8 saturated carbocycles. The van der Waals surface area contributed by atoms with Crippen LogP contribution in [0.4, 0.5) is 0 Å². The van der Waals surface area contributed by atoms with Gasteiger partial charge in [-0.15, -0.1) is 0 Å². The summed E-state index contributed by atoms with van der Waals surface area (Å²) in [4.78, 5) is 12.6. The highest BCUT2D eigenvalue weighted by Gasteiger charge is 2.59. The fourth-order valence-electron chi connectivity index (χ4n) is 25.0. The summed E-state index contributed by atoms with van der Waals surface area (Å²) in [6.07, 6.45) is 48.5. The van der Waals surface area contributed by atoms with E-state index in [0.29, 0.717) is 0 Å². The van der Waals surface area contributed by atoms with Crippen LogP contribution in [-0.2, 0) is 0 Å². The van der Waals surface area contributed by atoms with Crippen LogP contribution in [0.3, 0.4) is 0 Å². The zero-order valence-corrected chi connectivity index (χ0v) is 48.3. The minimum absolute atomic E-state index is 0.729. The first kappa shape index (κ1) is 52.4. The van der Waals surface area contributed by atoms with E-state index in [1.54, 1.807) is 64.2 Å². The van der Waals surface area contributed by atoms with Crippen LogP contribution in [0.25, 0.3) is 0 Å². The second kappa shape index (κ2) is 23.3. The van der Waals surface area contributed by atoms with Gasteiger partial charge in [0.25, 0.3) is 0 Å². The standard InChI is InChI=1S/C34H58N4.C32H56N6/c1-3-7-31-27(5-1)29-21-23(9-11-33(29)37(31)25-13-17-35-18-14-25)24-10-12-34-30(22-24)28-6-2-4-8-32(28)38(34)26-15-19-36-20-16-26;1-3-7-29-25(5-1)27-13-21(9-11-31(27)37(29)23-15-33-19-34-16-23)22-10-12-32-28(14-22)26-6-2-4-8-30(26)38(32)24-17-35-20-36-18-24/h23-36H,1-22H2;21-36H,1-20H2. The molecule has 0 radical (unpaired) electrons. The van der Waals surface area contributed by atoms with Crippen molar-refractivity contribution in [2.75, 3.05) is 65.7 Å². The van der Waals surface area contributed by atoms with E-state index in [9.17, 15) is 0 Å². The molecule has 10 heteroatoms. The SMILES string of the molecule is C1CCC2C(C1)C1CC(C3CCC4C(C3)C3CCCCC3N4C3CCNCC3)CCC1N2C1CCNCC1.C1CCC2C(C1)C1CC(C3CCC4C(C3)C3CCCCC3N4C3CNCNC3)CCC1N2C1CNCNC1. The molecule has 76 heavy (non-hydrogen) atoms. The van der Waals surface area contributed by atoms with E-state index in [0.717, 1.165) is 157 Å². The maximum atomic E-state index is 3.67. The maximum Gasteiger partial charge on any atom is 0.0455 e. The van der Waals surface area contributed by atoms with Gasteiger partial charge < -0.3 is 31.9 Å². The number of hydrogen-bond acceptors (Lipinski definition) is 10. The summed E-state index contributed by atoms with van der Waals surface area (Å²) in [5.74, 6) is 12.4. The highest BCUT2D eigenvalue weighted by atomic mass is 15.3. The van der Waals surface area contributed by atoms with Gasteiger partial charge in [-0.2, -0.15) is 0 Å². The number of hydrogen-bond donors (Lipinski definition) is 6. The molecule has 0 bridgehead atoms. The van der Waals surface area contributed by atoms with Crippen LogP contribution in [0.15, 0.2) is 0 Å². The molecule has 0 spiro atoms. The monoisotopic (exact) mass is 1050 g/mol. The summed E-state index contributed by atoms with van der Waals surface area (Å²) in [7, 11) is 0. The van der Waals surface area contributed by atoms with Gasteiger partial charge in [-0.1, -0.05) is 51.4 Å². The predicted molar refractivity (Wildman–Crippen MR) is 310 cm³/mol. The molecule has 20 unspecified atom stereocenters. The molecule has 6 N–H and O–H groups in total. The smallest absolute Gasteiger partial charge is 0.0455 e. The largest absolute Gasteiger partial charge is 0.317 e. The molecule has 10 nitrogen and oxygen atoms in total. The third-order valence-electron chi connectivity index (χ3n) is 27.7. The summed E-state index contributed by atoms with van der Waals surface area (Å²) in [6.45, 7) is 11.9. The van der Waals surface area contributed by atoms with Crippen LogP contribution in [0.5, 0.6) is 0 Å². The topological polar surface area (TPSA) is 85.1 Å². The van der Waals surface area contributed by atoms with Crippen molar-refractivity contribution < 1.29 is 0 Å². The summed E-state index contributed by atoms with van der Waals surface area (Å²) in [5.41, 5.74) is 0. The Kier molecular flexibility index (Phi) is 16.1. The molecule has 16 aliphatic rings. The number of nitrogens with one attached hydrogen (secondary N) is 6. The molecule has 0 aromatic rings. The Hall–Kier alpha value is -0.400. The Morgan fingerprint density at radius 3 is 0.750 bits per heavy atom. The van der Waals surface area contributed by atoms with E-state index < -0.39 is 0 Å². The van der Waals surface area contributed by atoms with Crippen molar-refractivity contribution in [1.29, 1.82) is 0 Å². The predicted octanol–water partition coefficient (Wildman–Crippen LogP) is 9.15. The first-order valence-corrected chi connectivity index (χ1v) is 35.1. The number of piperidine rings is 2. The van der Waals surface area contributed by atoms with E-state index in [1.165, 1.54) is 194 Å². The second-order valence-electron chi connectivity index (χ2n) is 30.5. The van der Waals surface area contributed by atoms with E-state index in [1.807, 2.05) is 0 Å². The third-order valence-corrected chi connectivity index (χ3v) is 27.7. The molecule has 428 valence electrons. The van der Waals surface area contributed by atoms with Crippen molar-refractivity contribution in [1.82, 2.24) is 51.5 Å². The normalized spacial score (nSPS) is 49.3. The van der Waals surface area contributed by atoms with Gasteiger partial charge >= 0.3 is 0 Å². The second-order valence-corrected chi connectivity index (χ2v) is 30.5. The van der Waals surface area contributed by atoms with Crippen molar-refractivity contribution in [2.24, 2.45) is 71.0 Å². The zero-order chi connectivity index (χ0) is 50.1. The van der Waals surface area contributed by atoms with Crippen molar-refractivity contribution in [3.05, 3.63) is 0 Å². The van der Waals surface area contributed by atoms with Crippen LogP contribution in [0.2, 0.25) is 0 Å². The third kappa shape index (κ3) is 9.74. The Bertz CT molecular complexity index is 1610. The summed E-state index contributed by atoms with van der Waals surface area (Å²) in [5, 5.41) is 22.0. The lowest BCUT2D eigenvalue weighted by Crippen LogP contribution is -2.59. The highest BCUT2D eigenvalue weighted by molar-refractivity contribution is 5.13. The van der Waals surface area contributed by atoms with Gasteiger partial charge in [-0.05, 0) is 251 Å². The molecule has 8 saturated heterocycles. The van der Waals surface area contributed by atoms with E-state index in [-0.39, 0.29) is 0 Å². The average Bonchev–Trinajstić information content (AvgIpc) is 4.25. The molecule has 8 heterocycles. The van der Waals surface area contributed by atoms with Crippen molar-refractivity contribution in [3.63, 3.8) is 0 Å². The van der Waals surface area contributed by atoms with Crippen LogP contribution >= 0.6 is 0 Å². The van der Waals surface area contributed by atoms with Gasteiger partial charge in [0.1, 0.15) is 0 Å². The molecule has 0 amide bonds. The lowest BCUT2D eigenvalue weighted by molar-refractivity contribution is 0.0332. The molecule has 16 fully saturated rings. The fourth-order valence-corrected chi connectivity index (χ4v) is 25.0. The minimum atomic E-state index is 0.729. The molecular weight excluding hydrogens is 933 g/mol. The molecular formula is C66H114N10. The van der Waals surface area contributed by atoms with E-state index >= 15 is 0 Å². The molecule has 8 aliphatic heterocycles. The van der Waals surface area contributed by atoms with Gasteiger partial charge in [-0.25, -0.2) is 0 Å². The Balaban J connectivity index is 0.000000133. The van der Waals surface area contributed by atoms with Gasteiger partial charge in [0, 0.05) is 112 Å². The molecule has 0 aromatic heterocycles. The molecule has 0 aromatic carbocycles. The number of fused-ring (bicyclic) bond motifs is 12. The van der Waals surface area contributed by atoms with Crippen molar-refractivity contribution >= 4 is 0 Å². The van der Waals surface area contributed by atoms with Gasteiger partial charge in [0.05, 0.1) is 0 Å². The fraction of sp³-hybridized carbons (Fsp3) is 1.00. The molecule has 16 rings (SSSR count). The Labute approximate surface area is 464 Å². The van der Waals surface area contributed by atoms with E-state index in [4.69, 9.17) is 0 Å². The number of likely N-dealkylation sites (tertiary alicyclic amines) is 4. The Morgan fingerprint density at radius 2 is 0.461 bits per heavy atom. The van der Waals surface area contributed by atoms with E-state index in [2.05, 4.69) is 51.5 Å². The summed E-state index contributed by atoms with van der Waals surface area (Å²) >= 11 is 0. The lowest BCUT2D eigenvalue weighted by atomic mass is 9.62.